The number of amidine groups is 1. The Balaban J connectivity index is 1.72. The van der Waals surface area contributed by atoms with E-state index in [9.17, 15) is 34.6 Å². The van der Waals surface area contributed by atoms with Crippen LogP contribution in [0.5, 0.6) is 0 Å². The van der Waals surface area contributed by atoms with Gasteiger partial charge in [0.05, 0.1) is 15.9 Å². The fourth-order valence-electron chi connectivity index (χ4n) is 5.02. The highest BCUT2D eigenvalue weighted by molar-refractivity contribution is 8.13. The van der Waals surface area contributed by atoms with Gasteiger partial charge < -0.3 is 5.32 Å². The van der Waals surface area contributed by atoms with Crippen LogP contribution in [0.2, 0.25) is 0 Å². The number of nitro groups is 2. The number of thioether (sulfide) groups is 1. The number of urea groups is 1. The van der Waals surface area contributed by atoms with Gasteiger partial charge in [-0.25, -0.2) is 4.79 Å². The molecule has 3 aromatic carbocycles. The number of amides is 4. The van der Waals surface area contributed by atoms with Crippen molar-refractivity contribution in [3.8, 4) is 0 Å². The number of carbonyl (C=O) groups is 3. The second kappa shape index (κ2) is 10.8. The molecule has 5 rings (SSSR count). The van der Waals surface area contributed by atoms with E-state index >= 15 is 0 Å². The van der Waals surface area contributed by atoms with Crippen LogP contribution < -0.4 is 16.0 Å². The van der Waals surface area contributed by atoms with Gasteiger partial charge in [0.1, 0.15) is 6.04 Å². The average Bonchev–Trinajstić information content (AvgIpc) is 2.95. The van der Waals surface area contributed by atoms with Crippen LogP contribution in [-0.2, 0) is 15.3 Å². The summed E-state index contributed by atoms with van der Waals surface area (Å²) >= 11 is 1.27. The molecular formula is C27H22N6O7S. The first-order chi connectivity index (χ1) is 19.6. The normalized spacial score (nSPS) is 19.5. The van der Waals surface area contributed by atoms with Crippen LogP contribution in [0.15, 0.2) is 77.8 Å². The van der Waals surface area contributed by atoms with E-state index in [4.69, 9.17) is 4.99 Å². The molecule has 0 bridgehead atoms. The Morgan fingerprint density at radius 3 is 2.05 bits per heavy atom. The first-order valence-electron chi connectivity index (χ1n) is 12.3. The molecule has 208 valence electrons. The molecule has 3 N–H and O–H groups in total. The predicted octanol–water partition coefficient (Wildman–Crippen LogP) is 3.84. The van der Waals surface area contributed by atoms with E-state index < -0.39 is 45.2 Å². The number of hydrogen-bond acceptors (Lipinski definition) is 10. The zero-order chi connectivity index (χ0) is 29.3. The lowest BCUT2D eigenvalue weighted by Crippen LogP contribution is -2.69. The van der Waals surface area contributed by atoms with Gasteiger partial charge in [0.25, 0.3) is 11.4 Å². The van der Waals surface area contributed by atoms with Gasteiger partial charge in [-0.1, -0.05) is 60.3 Å². The molecule has 2 heterocycles. The predicted molar refractivity (Wildman–Crippen MR) is 149 cm³/mol. The first-order valence-corrected chi connectivity index (χ1v) is 13.3. The molecule has 13 nitrogen and oxygen atoms in total. The molecule has 41 heavy (non-hydrogen) atoms. The summed E-state index contributed by atoms with van der Waals surface area (Å²) in [5.74, 6) is -1.55. The second-order valence-electron chi connectivity index (χ2n) is 9.44. The van der Waals surface area contributed by atoms with Gasteiger partial charge in [0.2, 0.25) is 11.8 Å². The number of aliphatic imine (C=N–C) groups is 1. The van der Waals surface area contributed by atoms with Crippen molar-refractivity contribution in [1.82, 2.24) is 16.0 Å². The van der Waals surface area contributed by atoms with E-state index in [1.54, 1.807) is 0 Å². The summed E-state index contributed by atoms with van der Waals surface area (Å²) in [6.45, 7) is 1.95. The number of aryl methyl sites for hydroxylation is 1. The van der Waals surface area contributed by atoms with E-state index in [-0.39, 0.29) is 22.5 Å². The zero-order valence-electron chi connectivity index (χ0n) is 21.4. The molecule has 2 unspecified atom stereocenters. The lowest BCUT2D eigenvalue weighted by Gasteiger charge is -2.47. The summed E-state index contributed by atoms with van der Waals surface area (Å²) in [6.07, 6.45) is 0. The quantitative estimate of drug-likeness (QED) is 0.223. The van der Waals surface area contributed by atoms with Crippen LogP contribution in [0.4, 0.5) is 16.2 Å². The number of nitrogens with zero attached hydrogens (tertiary/aromatic N) is 3. The van der Waals surface area contributed by atoms with Crippen LogP contribution >= 0.6 is 11.8 Å². The molecule has 2 atom stereocenters. The summed E-state index contributed by atoms with van der Waals surface area (Å²) in [4.78, 5) is 66.3. The number of hydrogen-bond donors (Lipinski definition) is 3. The Kier molecular flexibility index (Phi) is 7.24. The smallest absolute Gasteiger partial charge is 0.328 e. The number of barbiturate groups is 1. The maximum Gasteiger partial charge on any atom is 0.328 e. The van der Waals surface area contributed by atoms with Crippen molar-refractivity contribution in [3.63, 3.8) is 0 Å². The number of rotatable bonds is 6. The zero-order valence-corrected chi connectivity index (χ0v) is 22.2. The summed E-state index contributed by atoms with van der Waals surface area (Å²) in [6, 6.07) is 14.9. The second-order valence-corrected chi connectivity index (χ2v) is 10.4. The number of nitro benzene ring substituents is 2. The van der Waals surface area contributed by atoms with Crippen LogP contribution in [0, 0.1) is 32.6 Å². The van der Waals surface area contributed by atoms with Gasteiger partial charge >= 0.3 is 6.03 Å². The highest BCUT2D eigenvalue weighted by Crippen LogP contribution is 2.52. The topological polar surface area (TPSA) is 186 Å². The van der Waals surface area contributed by atoms with Crippen molar-refractivity contribution in [2.75, 3.05) is 0 Å². The molecule has 3 aromatic rings. The molecule has 1 saturated heterocycles. The van der Waals surface area contributed by atoms with Gasteiger partial charge in [0.15, 0.2) is 10.6 Å². The van der Waals surface area contributed by atoms with E-state index in [0.717, 1.165) is 11.1 Å². The Bertz CT molecular complexity index is 1620. The Morgan fingerprint density at radius 2 is 1.44 bits per heavy atom. The van der Waals surface area contributed by atoms with E-state index in [2.05, 4.69) is 16.0 Å². The summed E-state index contributed by atoms with van der Waals surface area (Å²) in [5.41, 5.74) is -0.355. The number of benzene rings is 3. The standard InChI is InChI=1S/C27H22N6O7S/c1-15-6-2-3-7-18(15)14-41-26-28-21(16-8-4-10-19(12-16)32(37)38)27(23(34)30-25(36)31-24(27)35)22(29-26)17-9-5-11-20(13-17)33(39)40/h2-13,21-22H,14H2,1H3,(H,28,29)(H2,30,31,34,35,36). The molecule has 2 aliphatic heterocycles. The van der Waals surface area contributed by atoms with Gasteiger partial charge in [0, 0.05) is 30.0 Å². The lowest BCUT2D eigenvalue weighted by atomic mass is 9.66. The fraction of sp³-hybridized carbons (Fsp3) is 0.185. The van der Waals surface area contributed by atoms with E-state index in [1.165, 1.54) is 60.3 Å². The molecule has 14 heteroatoms. The Morgan fingerprint density at radius 1 is 0.854 bits per heavy atom. The van der Waals surface area contributed by atoms with Crippen molar-refractivity contribution in [3.05, 3.63) is 115 Å². The summed E-state index contributed by atoms with van der Waals surface area (Å²) in [7, 11) is 0. The van der Waals surface area contributed by atoms with Crippen LogP contribution in [0.1, 0.15) is 34.3 Å². The van der Waals surface area contributed by atoms with Gasteiger partial charge in [-0.2, -0.15) is 0 Å². The fourth-order valence-corrected chi connectivity index (χ4v) is 6.01. The minimum atomic E-state index is -2.19. The maximum atomic E-state index is 13.8. The molecule has 0 aliphatic carbocycles. The third kappa shape index (κ3) is 5.00. The monoisotopic (exact) mass is 574 g/mol. The molecular weight excluding hydrogens is 552 g/mol. The molecule has 1 spiro atoms. The van der Waals surface area contributed by atoms with Crippen molar-refractivity contribution < 1.29 is 24.2 Å². The van der Waals surface area contributed by atoms with E-state index in [0.29, 0.717) is 10.9 Å². The summed E-state index contributed by atoms with van der Waals surface area (Å²) < 4.78 is 0. The minimum absolute atomic E-state index is 0.171. The third-order valence-corrected chi connectivity index (χ3v) is 8.00. The van der Waals surface area contributed by atoms with Crippen LogP contribution in [0.3, 0.4) is 0 Å². The molecule has 1 fully saturated rings. The SMILES string of the molecule is Cc1ccccc1CSC1=NC(c2cccc([N+](=O)[O-])c2)C2(C(=O)NC(=O)NC2=O)C(c2cccc([N+](=O)[O-])c2)N1. The minimum Gasteiger partial charge on any atom is -0.356 e. The summed E-state index contributed by atoms with van der Waals surface area (Å²) in [5, 5.41) is 30.9. The molecule has 0 aromatic heterocycles. The number of non-ortho nitro benzene ring substituents is 2. The van der Waals surface area contributed by atoms with Crippen molar-refractivity contribution >= 4 is 46.1 Å². The van der Waals surface area contributed by atoms with Gasteiger partial charge in [-0.3, -0.25) is 45.4 Å². The van der Waals surface area contributed by atoms with E-state index in [1.807, 2.05) is 31.2 Å². The highest BCUT2D eigenvalue weighted by Gasteiger charge is 2.63. The molecule has 0 saturated carbocycles. The van der Waals surface area contributed by atoms with Crippen molar-refractivity contribution in [2.45, 2.75) is 24.8 Å². The lowest BCUT2D eigenvalue weighted by molar-refractivity contribution is -0.385. The number of nitrogens with one attached hydrogen (secondary N) is 3. The Hall–Kier alpha value is -5.11. The Labute approximate surface area is 236 Å². The maximum absolute atomic E-state index is 13.8. The highest BCUT2D eigenvalue weighted by atomic mass is 32.2. The first kappa shape index (κ1) is 27.5. The largest absolute Gasteiger partial charge is 0.356 e. The molecule has 4 amide bonds. The van der Waals surface area contributed by atoms with Gasteiger partial charge in [-0.05, 0) is 29.2 Å². The van der Waals surface area contributed by atoms with Crippen molar-refractivity contribution in [2.24, 2.45) is 10.4 Å². The van der Waals surface area contributed by atoms with Gasteiger partial charge in [-0.15, -0.1) is 0 Å². The van der Waals surface area contributed by atoms with Crippen LogP contribution in [0.25, 0.3) is 0 Å². The number of imide groups is 2. The number of carbonyl (C=O) groups excluding carboxylic acids is 3. The molecule has 2 aliphatic rings. The van der Waals surface area contributed by atoms with Crippen LogP contribution in [-0.4, -0.2) is 32.9 Å². The third-order valence-electron chi connectivity index (χ3n) is 7.04. The molecule has 0 radical (unpaired) electrons. The van der Waals surface area contributed by atoms with Crippen molar-refractivity contribution in [1.29, 1.82) is 0 Å². The average molecular weight is 575 g/mol.